The summed E-state index contributed by atoms with van der Waals surface area (Å²) in [5.41, 5.74) is 5.71. The van der Waals surface area contributed by atoms with Crippen LogP contribution >= 0.6 is 0 Å². The normalized spacial score (nSPS) is 19.6. The van der Waals surface area contributed by atoms with Crippen molar-refractivity contribution in [2.75, 3.05) is 6.54 Å². The summed E-state index contributed by atoms with van der Waals surface area (Å²) in [5.74, 6) is -0.140. The van der Waals surface area contributed by atoms with Crippen LogP contribution in [-0.2, 0) is 35.0 Å². The van der Waals surface area contributed by atoms with Crippen LogP contribution in [0.4, 0.5) is 0 Å². The van der Waals surface area contributed by atoms with Gasteiger partial charge in [0.2, 0.25) is 5.91 Å². The van der Waals surface area contributed by atoms with Gasteiger partial charge in [-0.3, -0.25) is 9.89 Å². The molecule has 4 N–H and O–H groups in total. The van der Waals surface area contributed by atoms with Crippen LogP contribution in [0.15, 0.2) is 60.8 Å². The van der Waals surface area contributed by atoms with Gasteiger partial charge in [-0.25, -0.2) is 0 Å². The lowest BCUT2D eigenvalue weighted by Gasteiger charge is -2.40. The van der Waals surface area contributed by atoms with Crippen molar-refractivity contribution in [2.24, 2.45) is 0 Å². The maximum atomic E-state index is 11.9. The van der Waals surface area contributed by atoms with Crippen LogP contribution in [0.2, 0.25) is 0 Å². The van der Waals surface area contributed by atoms with Crippen LogP contribution in [0, 0.1) is 0 Å². The molecule has 186 valence electrons. The van der Waals surface area contributed by atoms with E-state index in [1.54, 1.807) is 0 Å². The molecule has 0 spiro atoms. The zero-order valence-electron chi connectivity index (χ0n) is 21.3. The Kier molecular flexibility index (Phi) is 7.43. The Balaban J connectivity index is 1.59. The van der Waals surface area contributed by atoms with E-state index in [4.69, 9.17) is 0 Å². The van der Waals surface area contributed by atoms with Crippen molar-refractivity contribution in [3.63, 3.8) is 0 Å². The molecule has 6 nitrogen and oxygen atoms in total. The molecule has 3 aromatic rings. The molecule has 3 unspecified atom stereocenters. The van der Waals surface area contributed by atoms with Crippen molar-refractivity contribution in [3.05, 3.63) is 88.7 Å². The number of aliphatic hydroxyl groups excluding tert-OH is 1. The van der Waals surface area contributed by atoms with E-state index >= 15 is 0 Å². The number of carbonyl (C=O) groups is 1. The first-order valence-corrected chi connectivity index (χ1v) is 12.5. The Bertz CT molecular complexity index is 1130. The Hall–Kier alpha value is -2.96. The fourth-order valence-electron chi connectivity index (χ4n) is 5.10. The van der Waals surface area contributed by atoms with E-state index < -0.39 is 6.10 Å². The molecule has 35 heavy (non-hydrogen) atoms. The average molecular weight is 475 g/mol. The van der Waals surface area contributed by atoms with E-state index in [1.165, 1.54) is 29.3 Å². The lowest BCUT2D eigenvalue weighted by Crippen LogP contribution is -2.54. The Labute approximate surface area is 208 Å². The zero-order valence-corrected chi connectivity index (χ0v) is 21.3. The van der Waals surface area contributed by atoms with E-state index in [1.807, 2.05) is 36.5 Å². The van der Waals surface area contributed by atoms with Crippen molar-refractivity contribution in [1.29, 1.82) is 0 Å². The van der Waals surface area contributed by atoms with Crippen molar-refractivity contribution in [3.8, 4) is 0 Å². The molecule has 1 heterocycles. The average Bonchev–Trinajstić information content (AvgIpc) is 3.30. The number of H-pyrrole nitrogens is 1. The number of amides is 1. The number of nitrogens with zero attached hydrogens (tertiary/aromatic N) is 1. The molecule has 0 fully saturated rings. The van der Waals surface area contributed by atoms with Gasteiger partial charge >= 0.3 is 0 Å². The quantitative estimate of drug-likeness (QED) is 0.400. The monoisotopic (exact) mass is 474 g/mol. The number of carbonyl (C=O) groups excluding carboxylic acids is 1. The van der Waals surface area contributed by atoms with E-state index in [0.717, 1.165) is 24.8 Å². The van der Waals surface area contributed by atoms with Crippen molar-refractivity contribution in [2.45, 2.75) is 76.5 Å². The molecule has 0 radical (unpaired) electrons. The molecule has 0 bridgehead atoms. The second kappa shape index (κ2) is 10.3. The summed E-state index contributed by atoms with van der Waals surface area (Å²) in [6.07, 6.45) is 4.32. The highest BCUT2D eigenvalue weighted by Gasteiger charge is 2.38. The number of benzene rings is 2. The minimum Gasteiger partial charge on any atom is -0.390 e. The number of aromatic nitrogens is 2. The number of rotatable bonds is 8. The van der Waals surface area contributed by atoms with Crippen LogP contribution in [0.1, 0.15) is 62.1 Å². The van der Waals surface area contributed by atoms with Gasteiger partial charge in [0.1, 0.15) is 0 Å². The maximum absolute atomic E-state index is 11.9. The summed E-state index contributed by atoms with van der Waals surface area (Å²) in [4.78, 5) is 11.9. The topological polar surface area (TPSA) is 90.0 Å². The lowest BCUT2D eigenvalue weighted by atomic mass is 9.74. The van der Waals surface area contributed by atoms with E-state index in [2.05, 4.69) is 65.9 Å². The highest BCUT2D eigenvalue weighted by molar-refractivity contribution is 5.73. The highest BCUT2D eigenvalue weighted by atomic mass is 16.3. The lowest BCUT2D eigenvalue weighted by molar-refractivity contribution is -0.120. The molecule has 0 saturated heterocycles. The summed E-state index contributed by atoms with van der Waals surface area (Å²) in [6.45, 7) is 8.55. The molecule has 1 aliphatic carbocycles. The Morgan fingerprint density at radius 3 is 2.66 bits per heavy atom. The van der Waals surface area contributed by atoms with E-state index in [9.17, 15) is 9.90 Å². The number of hydrogen-bond donors (Lipinski definition) is 4. The van der Waals surface area contributed by atoms with Crippen molar-refractivity contribution < 1.29 is 9.90 Å². The summed E-state index contributed by atoms with van der Waals surface area (Å²) in [6, 6.07) is 18.4. The van der Waals surface area contributed by atoms with Crippen LogP contribution in [0.5, 0.6) is 0 Å². The molecule has 4 rings (SSSR count). The van der Waals surface area contributed by atoms with Crippen LogP contribution in [-0.4, -0.2) is 39.9 Å². The predicted octanol–water partition coefficient (Wildman–Crippen LogP) is 3.79. The molecule has 6 heteroatoms. The third kappa shape index (κ3) is 6.00. The number of fused-ring (bicyclic) bond motifs is 1. The summed E-state index contributed by atoms with van der Waals surface area (Å²) in [5, 5.41) is 25.4. The van der Waals surface area contributed by atoms with Gasteiger partial charge in [-0.1, -0.05) is 75.4 Å². The zero-order chi connectivity index (χ0) is 25.1. The number of aliphatic hydroxyl groups is 1. The van der Waals surface area contributed by atoms with Gasteiger partial charge in [0, 0.05) is 24.7 Å². The van der Waals surface area contributed by atoms with Gasteiger partial charge in [0.15, 0.2) is 0 Å². The van der Waals surface area contributed by atoms with Gasteiger partial charge in [0.05, 0.1) is 18.3 Å². The predicted molar refractivity (Wildman–Crippen MR) is 139 cm³/mol. The van der Waals surface area contributed by atoms with Gasteiger partial charge < -0.3 is 15.7 Å². The van der Waals surface area contributed by atoms with Crippen LogP contribution in [0.25, 0.3) is 0 Å². The first-order chi connectivity index (χ1) is 16.7. The molecular weight excluding hydrogens is 436 g/mol. The second-order valence-electron chi connectivity index (χ2n) is 10.9. The second-order valence-corrected chi connectivity index (χ2v) is 10.9. The van der Waals surface area contributed by atoms with Crippen molar-refractivity contribution in [1.82, 2.24) is 20.8 Å². The molecule has 3 atom stereocenters. The van der Waals surface area contributed by atoms with E-state index in [-0.39, 0.29) is 22.9 Å². The SMILES string of the molecule is CC(=O)NC(Cc1ccccc1)C(O)CNC1(c2cccc(C(C)(C)C)c2)CCc2[nH]ncc2C1. The highest BCUT2D eigenvalue weighted by Crippen LogP contribution is 2.37. The first kappa shape index (κ1) is 25.1. The van der Waals surface area contributed by atoms with E-state index in [0.29, 0.717) is 13.0 Å². The molecular formula is C29H38N4O2. The number of nitrogens with one attached hydrogen (secondary N) is 3. The fraction of sp³-hybridized carbons (Fsp3) is 0.448. The summed E-state index contributed by atoms with van der Waals surface area (Å²) < 4.78 is 0. The summed E-state index contributed by atoms with van der Waals surface area (Å²) in [7, 11) is 0. The largest absolute Gasteiger partial charge is 0.390 e. The smallest absolute Gasteiger partial charge is 0.217 e. The number of aryl methyl sites for hydroxylation is 1. The minimum absolute atomic E-state index is 0.0400. The Morgan fingerprint density at radius 2 is 1.94 bits per heavy atom. The molecule has 1 amide bonds. The van der Waals surface area contributed by atoms with Gasteiger partial charge in [-0.05, 0) is 53.4 Å². The molecule has 0 aliphatic heterocycles. The van der Waals surface area contributed by atoms with Crippen LogP contribution < -0.4 is 10.6 Å². The standard InChI is InChI=1S/C29H38N4O2/c1-20(34)32-26(15-21-9-6-5-7-10-21)27(35)19-30-29(14-13-25-22(17-29)18-31-33-25)24-12-8-11-23(16-24)28(2,3)4/h5-12,16,18,26-27,30,35H,13-15,17,19H2,1-4H3,(H,31,33)(H,32,34). The maximum Gasteiger partial charge on any atom is 0.217 e. The molecule has 0 saturated carbocycles. The Morgan fingerprint density at radius 1 is 1.17 bits per heavy atom. The third-order valence-electron chi connectivity index (χ3n) is 7.18. The van der Waals surface area contributed by atoms with Crippen molar-refractivity contribution >= 4 is 5.91 Å². The number of aromatic amines is 1. The minimum atomic E-state index is -0.743. The third-order valence-corrected chi connectivity index (χ3v) is 7.18. The van der Waals surface area contributed by atoms with Gasteiger partial charge in [0.25, 0.3) is 0 Å². The number of hydrogen-bond acceptors (Lipinski definition) is 4. The first-order valence-electron chi connectivity index (χ1n) is 12.5. The van der Waals surface area contributed by atoms with Gasteiger partial charge in [-0.15, -0.1) is 0 Å². The summed E-state index contributed by atoms with van der Waals surface area (Å²) >= 11 is 0. The molecule has 1 aliphatic rings. The van der Waals surface area contributed by atoms with Gasteiger partial charge in [-0.2, -0.15) is 5.10 Å². The fourth-order valence-corrected chi connectivity index (χ4v) is 5.10. The molecule has 2 aromatic carbocycles. The molecule has 1 aromatic heterocycles. The van der Waals surface area contributed by atoms with Crippen LogP contribution in [0.3, 0.4) is 0 Å².